The average molecular weight is 456 g/mol. The molecule has 0 bridgehead atoms. The van der Waals surface area contributed by atoms with Crippen LogP contribution in [0.5, 0.6) is 0 Å². The third-order valence-electron chi connectivity index (χ3n) is 7.71. The molecule has 3 aliphatic rings. The minimum Gasteiger partial charge on any atom is -0.342 e. The third kappa shape index (κ3) is 3.60. The minimum atomic E-state index is -0.0683. The van der Waals surface area contributed by atoms with E-state index in [1.54, 1.807) is 13.1 Å². The van der Waals surface area contributed by atoms with E-state index < -0.39 is 0 Å². The highest BCUT2D eigenvalue weighted by molar-refractivity contribution is 6.33. The fourth-order valence-electron chi connectivity index (χ4n) is 5.99. The Morgan fingerprint density at radius 3 is 2.72 bits per heavy atom. The van der Waals surface area contributed by atoms with Gasteiger partial charge in [-0.2, -0.15) is 5.10 Å². The monoisotopic (exact) mass is 455 g/mol. The molecule has 1 saturated heterocycles. The van der Waals surface area contributed by atoms with Gasteiger partial charge in [-0.15, -0.1) is 0 Å². The lowest BCUT2D eigenvalue weighted by Crippen LogP contribution is -2.32. The molecule has 0 spiro atoms. The molecule has 8 heteroatoms. The number of carbonyl (C=O) groups excluding carboxylic acids is 2. The van der Waals surface area contributed by atoms with Crippen LogP contribution in [0.3, 0.4) is 0 Å². The van der Waals surface area contributed by atoms with Crippen molar-refractivity contribution in [3.8, 4) is 11.1 Å². The van der Waals surface area contributed by atoms with E-state index >= 15 is 0 Å². The van der Waals surface area contributed by atoms with Crippen LogP contribution in [0.4, 0.5) is 5.82 Å². The molecule has 2 aromatic heterocycles. The lowest BCUT2D eigenvalue weighted by molar-refractivity contribution is -0.128. The van der Waals surface area contributed by atoms with Gasteiger partial charge in [0.15, 0.2) is 0 Å². The molecular formula is C24H30ClN5O2. The lowest BCUT2D eigenvalue weighted by Gasteiger charge is -2.22. The van der Waals surface area contributed by atoms with Gasteiger partial charge in [0, 0.05) is 55.5 Å². The Morgan fingerprint density at radius 2 is 2.00 bits per heavy atom. The summed E-state index contributed by atoms with van der Waals surface area (Å²) < 4.78 is 2.05. The maximum Gasteiger partial charge on any atom is 0.228 e. The fourth-order valence-corrected chi connectivity index (χ4v) is 6.19. The topological polar surface area (TPSA) is 80.1 Å². The first-order valence-corrected chi connectivity index (χ1v) is 11.8. The maximum atomic E-state index is 13.1. The van der Waals surface area contributed by atoms with E-state index in [2.05, 4.69) is 36.2 Å². The van der Waals surface area contributed by atoms with E-state index in [0.29, 0.717) is 22.7 Å². The Labute approximate surface area is 193 Å². The molecule has 1 saturated carbocycles. The first kappa shape index (κ1) is 21.4. The number of nitrogens with zero attached hydrogens (tertiary/aromatic N) is 4. The number of likely N-dealkylation sites (tertiary alicyclic amines) is 1. The van der Waals surface area contributed by atoms with Crippen molar-refractivity contribution in [1.29, 1.82) is 0 Å². The molecule has 7 nitrogen and oxygen atoms in total. The molecule has 5 rings (SSSR count). The molecule has 0 unspecified atom stereocenters. The average Bonchev–Trinajstić information content (AvgIpc) is 3.44. The SMILES string of the molecule is CC(=O)N1C[C@H]2C[C@H](C(=O)Nc3cc(-c4cnn5c4CC(C)(C)C5)c(Cl)cn3)[C@@H](C)[C@H]2C1. The lowest BCUT2D eigenvalue weighted by atomic mass is 9.89. The number of pyridine rings is 1. The normalized spacial score (nSPS) is 28.0. The number of hydrogen-bond donors (Lipinski definition) is 1. The molecule has 32 heavy (non-hydrogen) atoms. The van der Waals surface area contributed by atoms with E-state index in [1.165, 1.54) is 5.69 Å². The first-order valence-electron chi connectivity index (χ1n) is 11.4. The van der Waals surface area contributed by atoms with Gasteiger partial charge in [0.2, 0.25) is 11.8 Å². The Kier molecular flexibility index (Phi) is 5.08. The molecule has 0 radical (unpaired) electrons. The Bertz CT molecular complexity index is 1090. The van der Waals surface area contributed by atoms with Gasteiger partial charge < -0.3 is 10.2 Å². The molecule has 1 N–H and O–H groups in total. The molecule has 0 aromatic carbocycles. The van der Waals surface area contributed by atoms with Crippen LogP contribution in [0, 0.1) is 29.1 Å². The highest BCUT2D eigenvalue weighted by Crippen LogP contribution is 2.46. The maximum absolute atomic E-state index is 13.1. The van der Waals surface area contributed by atoms with Crippen LogP contribution >= 0.6 is 11.6 Å². The second-order valence-corrected chi connectivity index (χ2v) is 11.0. The fraction of sp³-hybridized carbons (Fsp3) is 0.583. The molecule has 2 aromatic rings. The van der Waals surface area contributed by atoms with Crippen molar-refractivity contribution in [2.24, 2.45) is 29.1 Å². The molecule has 1 aliphatic carbocycles. The zero-order valence-electron chi connectivity index (χ0n) is 19.1. The summed E-state index contributed by atoms with van der Waals surface area (Å²) in [6.45, 7) is 10.6. The minimum absolute atomic E-state index is 0.00316. The first-order chi connectivity index (χ1) is 15.1. The molecule has 2 fully saturated rings. The predicted octanol–water partition coefficient (Wildman–Crippen LogP) is 3.87. The molecule has 2 amide bonds. The van der Waals surface area contributed by atoms with E-state index in [4.69, 9.17) is 11.6 Å². The van der Waals surface area contributed by atoms with Gasteiger partial charge in [0.05, 0.1) is 11.2 Å². The van der Waals surface area contributed by atoms with Crippen LogP contribution in [0.1, 0.15) is 39.8 Å². The molecule has 4 heterocycles. The van der Waals surface area contributed by atoms with E-state index in [-0.39, 0.29) is 29.1 Å². The van der Waals surface area contributed by atoms with Crippen molar-refractivity contribution < 1.29 is 9.59 Å². The number of amides is 2. The van der Waals surface area contributed by atoms with Gasteiger partial charge in [0.1, 0.15) is 5.82 Å². The Balaban J connectivity index is 1.33. The standard InChI is InChI=1S/C24H30ClN5O2/c1-13-16(5-15-10-29(14(2)31)11-19(13)15)23(32)28-22-6-17(20(25)9-26-22)18-8-27-30-12-24(3,4)7-21(18)30/h6,8-9,13,15-16,19H,5,7,10-12H2,1-4H3,(H,26,28,32)/t13-,15-,16+,19-/m1/s1. The third-order valence-corrected chi connectivity index (χ3v) is 8.01. The zero-order valence-corrected chi connectivity index (χ0v) is 19.8. The van der Waals surface area contributed by atoms with E-state index in [1.807, 2.05) is 21.8 Å². The number of nitrogens with one attached hydrogen (secondary N) is 1. The van der Waals surface area contributed by atoms with Crippen molar-refractivity contribution in [3.05, 3.63) is 29.2 Å². The van der Waals surface area contributed by atoms with Crippen LogP contribution < -0.4 is 5.32 Å². The van der Waals surface area contributed by atoms with Crippen LogP contribution in [0.25, 0.3) is 11.1 Å². The van der Waals surface area contributed by atoms with Crippen LogP contribution in [-0.4, -0.2) is 44.6 Å². The summed E-state index contributed by atoms with van der Waals surface area (Å²) in [6.07, 6.45) is 5.21. The van der Waals surface area contributed by atoms with Crippen LogP contribution in [0.15, 0.2) is 18.5 Å². The highest BCUT2D eigenvalue weighted by atomic mass is 35.5. The van der Waals surface area contributed by atoms with Gasteiger partial charge in [-0.3, -0.25) is 14.3 Å². The van der Waals surface area contributed by atoms with Gasteiger partial charge >= 0.3 is 0 Å². The largest absolute Gasteiger partial charge is 0.342 e. The van der Waals surface area contributed by atoms with Crippen molar-refractivity contribution >= 4 is 29.2 Å². The second-order valence-electron chi connectivity index (χ2n) is 10.6. The molecule has 2 aliphatic heterocycles. The number of anilines is 1. The summed E-state index contributed by atoms with van der Waals surface area (Å²) in [7, 11) is 0. The van der Waals surface area contributed by atoms with Crippen molar-refractivity contribution in [2.75, 3.05) is 18.4 Å². The second kappa shape index (κ2) is 7.58. The van der Waals surface area contributed by atoms with E-state index in [9.17, 15) is 9.59 Å². The van der Waals surface area contributed by atoms with Crippen molar-refractivity contribution in [3.63, 3.8) is 0 Å². The van der Waals surface area contributed by atoms with Crippen LogP contribution in [-0.2, 0) is 22.6 Å². The van der Waals surface area contributed by atoms with Gasteiger partial charge in [-0.25, -0.2) is 4.98 Å². The summed E-state index contributed by atoms with van der Waals surface area (Å²) in [4.78, 5) is 31.2. The van der Waals surface area contributed by atoms with Crippen LogP contribution in [0.2, 0.25) is 5.02 Å². The summed E-state index contributed by atoms with van der Waals surface area (Å²) >= 11 is 6.51. The zero-order chi connectivity index (χ0) is 22.8. The summed E-state index contributed by atoms with van der Waals surface area (Å²) in [6, 6.07) is 1.86. The number of aromatic nitrogens is 3. The highest BCUT2D eigenvalue weighted by Gasteiger charge is 2.48. The summed E-state index contributed by atoms with van der Waals surface area (Å²) in [5.41, 5.74) is 3.20. The number of carbonyl (C=O) groups is 2. The number of fused-ring (bicyclic) bond motifs is 2. The van der Waals surface area contributed by atoms with Gasteiger partial charge in [-0.05, 0) is 42.1 Å². The molecular weight excluding hydrogens is 426 g/mol. The summed E-state index contributed by atoms with van der Waals surface area (Å²) in [5, 5.41) is 8.13. The predicted molar refractivity (Wildman–Crippen MR) is 123 cm³/mol. The molecule has 4 atom stereocenters. The van der Waals surface area contributed by atoms with Crippen molar-refractivity contribution in [2.45, 2.75) is 47.1 Å². The van der Waals surface area contributed by atoms with E-state index in [0.717, 1.165) is 43.6 Å². The smallest absolute Gasteiger partial charge is 0.228 e. The molecule has 170 valence electrons. The number of hydrogen-bond acceptors (Lipinski definition) is 4. The Hall–Kier alpha value is -2.41. The Morgan fingerprint density at radius 1 is 1.22 bits per heavy atom. The van der Waals surface area contributed by atoms with Gasteiger partial charge in [-0.1, -0.05) is 32.4 Å². The number of halogens is 1. The van der Waals surface area contributed by atoms with Crippen molar-refractivity contribution in [1.82, 2.24) is 19.7 Å². The number of rotatable bonds is 3. The quantitative estimate of drug-likeness (QED) is 0.761. The summed E-state index contributed by atoms with van der Waals surface area (Å²) in [5.74, 6) is 1.60. The van der Waals surface area contributed by atoms with Gasteiger partial charge in [0.25, 0.3) is 0 Å².